The fraction of sp³-hybridized carbons (Fsp3) is 0.529. The van der Waals surface area contributed by atoms with Crippen molar-refractivity contribution in [2.75, 3.05) is 46.0 Å². The predicted octanol–water partition coefficient (Wildman–Crippen LogP) is 0.484. The highest BCUT2D eigenvalue weighted by Gasteiger charge is 2.31. The van der Waals surface area contributed by atoms with E-state index in [1.807, 2.05) is 31.1 Å². The third kappa shape index (κ3) is 5.53. The van der Waals surface area contributed by atoms with Crippen molar-refractivity contribution in [3.63, 3.8) is 0 Å². The molecule has 0 unspecified atom stereocenters. The summed E-state index contributed by atoms with van der Waals surface area (Å²) in [7, 11) is 0.562. The Kier molecular flexibility index (Phi) is 6.53. The summed E-state index contributed by atoms with van der Waals surface area (Å²) in [4.78, 5) is 16.3. The Morgan fingerprint density at radius 3 is 2.44 bits per heavy atom. The number of hydrogen-bond donors (Lipinski definition) is 0. The van der Waals surface area contributed by atoms with Crippen molar-refractivity contribution in [3.05, 3.63) is 35.4 Å². The summed E-state index contributed by atoms with van der Waals surface area (Å²) >= 11 is 0. The Morgan fingerprint density at radius 2 is 1.92 bits per heavy atom. The van der Waals surface area contributed by atoms with Crippen molar-refractivity contribution in [2.45, 2.75) is 13.0 Å². The van der Waals surface area contributed by atoms with Crippen LogP contribution in [0.5, 0.6) is 0 Å². The Balaban J connectivity index is 2.08. The molecule has 1 saturated heterocycles. The number of carbonyl (C=O) groups excluding carboxylic acids is 1. The van der Waals surface area contributed by atoms with Gasteiger partial charge in [-0.25, -0.2) is 8.42 Å². The van der Waals surface area contributed by atoms with E-state index in [-0.39, 0.29) is 18.2 Å². The molecule has 0 aromatic heterocycles. The van der Waals surface area contributed by atoms with Crippen molar-refractivity contribution in [2.24, 2.45) is 0 Å². The van der Waals surface area contributed by atoms with E-state index in [4.69, 9.17) is 5.26 Å². The van der Waals surface area contributed by atoms with E-state index >= 15 is 0 Å². The Labute approximate surface area is 149 Å². The molecule has 7 nitrogen and oxygen atoms in total. The molecule has 8 heteroatoms. The maximum atomic E-state index is 12.7. The molecule has 1 aromatic carbocycles. The fourth-order valence-electron chi connectivity index (χ4n) is 2.64. The zero-order valence-corrected chi connectivity index (χ0v) is 15.5. The van der Waals surface area contributed by atoms with Gasteiger partial charge in [-0.3, -0.25) is 4.79 Å². The van der Waals surface area contributed by atoms with Crippen molar-refractivity contribution in [1.29, 1.82) is 5.26 Å². The first-order valence-electron chi connectivity index (χ1n) is 8.21. The number of carbonyl (C=O) groups is 1. The van der Waals surface area contributed by atoms with Crippen LogP contribution in [0.4, 0.5) is 0 Å². The van der Waals surface area contributed by atoms with E-state index in [1.165, 1.54) is 4.31 Å². The second kappa shape index (κ2) is 8.43. The number of benzene rings is 1. The minimum atomic E-state index is -3.29. The molecule has 0 spiro atoms. The van der Waals surface area contributed by atoms with Gasteiger partial charge in [0.2, 0.25) is 15.9 Å². The number of nitrogens with zero attached hydrogens (tertiary/aromatic N) is 4. The first-order chi connectivity index (χ1) is 11.8. The number of nitriles is 1. The first-order valence-corrected chi connectivity index (χ1v) is 9.82. The molecule has 1 aliphatic heterocycles. The van der Waals surface area contributed by atoms with Crippen molar-refractivity contribution in [3.8, 4) is 6.07 Å². The Bertz CT molecular complexity index is 738. The quantitative estimate of drug-likeness (QED) is 0.703. The number of amides is 1. The summed E-state index contributed by atoms with van der Waals surface area (Å²) < 4.78 is 25.1. The van der Waals surface area contributed by atoms with Gasteiger partial charge in [0.15, 0.2) is 0 Å². The SMILES string of the molecule is CN(C)CCN(Cc1ccc(C#N)cc1)C(=O)CN1CCCS1(=O)=O. The van der Waals surface area contributed by atoms with E-state index in [2.05, 4.69) is 6.07 Å². The summed E-state index contributed by atoms with van der Waals surface area (Å²) in [5.41, 5.74) is 1.48. The summed E-state index contributed by atoms with van der Waals surface area (Å²) in [5.74, 6) is -0.0789. The highest BCUT2D eigenvalue weighted by molar-refractivity contribution is 7.89. The first kappa shape index (κ1) is 19.4. The number of likely N-dealkylation sites (N-methyl/N-ethyl adjacent to an activating group) is 1. The topological polar surface area (TPSA) is 84.7 Å². The van der Waals surface area contributed by atoms with Crippen LogP contribution in [-0.4, -0.2) is 74.5 Å². The van der Waals surface area contributed by atoms with E-state index < -0.39 is 10.0 Å². The molecule has 136 valence electrons. The molecule has 2 rings (SSSR count). The van der Waals surface area contributed by atoms with Crippen LogP contribution in [0.15, 0.2) is 24.3 Å². The lowest BCUT2D eigenvalue weighted by Crippen LogP contribution is -2.43. The Morgan fingerprint density at radius 1 is 1.24 bits per heavy atom. The second-order valence-corrected chi connectivity index (χ2v) is 8.52. The van der Waals surface area contributed by atoms with Gasteiger partial charge in [-0.2, -0.15) is 9.57 Å². The summed E-state index contributed by atoms with van der Waals surface area (Å²) in [6, 6.07) is 9.14. The van der Waals surface area contributed by atoms with Gasteiger partial charge >= 0.3 is 0 Å². The van der Waals surface area contributed by atoms with Gasteiger partial charge in [-0.1, -0.05) is 12.1 Å². The molecule has 1 fully saturated rings. The molecule has 0 atom stereocenters. The highest BCUT2D eigenvalue weighted by atomic mass is 32.2. The van der Waals surface area contributed by atoms with E-state index in [9.17, 15) is 13.2 Å². The van der Waals surface area contributed by atoms with Crippen LogP contribution in [-0.2, 0) is 21.4 Å². The minimum absolute atomic E-state index is 0.105. The van der Waals surface area contributed by atoms with Crippen LogP contribution in [0.3, 0.4) is 0 Å². The van der Waals surface area contributed by atoms with Crippen LogP contribution < -0.4 is 0 Å². The zero-order chi connectivity index (χ0) is 18.4. The van der Waals surface area contributed by atoms with Crippen LogP contribution in [0.25, 0.3) is 0 Å². The third-order valence-corrected chi connectivity index (χ3v) is 6.04. The molecule has 1 amide bonds. The maximum absolute atomic E-state index is 12.7. The van der Waals surface area contributed by atoms with Gasteiger partial charge in [-0.05, 0) is 38.2 Å². The zero-order valence-electron chi connectivity index (χ0n) is 14.7. The smallest absolute Gasteiger partial charge is 0.238 e. The number of rotatable bonds is 7. The van der Waals surface area contributed by atoms with Gasteiger partial charge in [0.1, 0.15) is 0 Å². The maximum Gasteiger partial charge on any atom is 0.238 e. The summed E-state index contributed by atoms with van der Waals surface area (Å²) in [6.45, 7) is 1.90. The lowest BCUT2D eigenvalue weighted by atomic mass is 10.1. The van der Waals surface area contributed by atoms with Crippen molar-refractivity contribution in [1.82, 2.24) is 14.1 Å². The third-order valence-electron chi connectivity index (χ3n) is 4.14. The van der Waals surface area contributed by atoms with Crippen molar-refractivity contribution >= 4 is 15.9 Å². The molecule has 0 saturated carbocycles. The lowest BCUT2D eigenvalue weighted by Gasteiger charge is -2.26. The standard InChI is InChI=1S/C17H24N4O3S/c1-19(2)9-10-20(13-16-6-4-15(12-18)5-7-16)17(22)14-21-8-3-11-25(21,23)24/h4-7H,3,8-11,13-14H2,1-2H3. The van der Waals surface area contributed by atoms with Crippen LogP contribution >= 0.6 is 0 Å². The van der Waals surface area contributed by atoms with Gasteiger partial charge in [0.05, 0.1) is 23.9 Å². The fourth-order valence-corrected chi connectivity index (χ4v) is 4.10. The monoisotopic (exact) mass is 364 g/mol. The lowest BCUT2D eigenvalue weighted by molar-refractivity contribution is -0.132. The molecule has 0 bridgehead atoms. The van der Waals surface area contributed by atoms with Crippen molar-refractivity contribution < 1.29 is 13.2 Å². The molecule has 25 heavy (non-hydrogen) atoms. The van der Waals surface area contributed by atoms with Crippen LogP contribution in [0.2, 0.25) is 0 Å². The minimum Gasteiger partial charge on any atom is -0.336 e. The molecule has 1 aliphatic rings. The summed E-state index contributed by atoms with van der Waals surface area (Å²) in [5, 5.41) is 8.87. The summed E-state index contributed by atoms with van der Waals surface area (Å²) in [6.07, 6.45) is 0.572. The predicted molar refractivity (Wildman–Crippen MR) is 95.1 cm³/mol. The van der Waals surface area contributed by atoms with Gasteiger partial charge < -0.3 is 9.80 Å². The number of hydrogen-bond acceptors (Lipinski definition) is 5. The van der Waals surface area contributed by atoms with E-state index in [0.717, 1.165) is 5.56 Å². The molecule has 1 heterocycles. The second-order valence-electron chi connectivity index (χ2n) is 6.43. The van der Waals surface area contributed by atoms with Gasteiger partial charge in [-0.15, -0.1) is 0 Å². The number of sulfonamides is 1. The molecule has 0 N–H and O–H groups in total. The van der Waals surface area contributed by atoms with Crippen LogP contribution in [0, 0.1) is 11.3 Å². The van der Waals surface area contributed by atoms with Crippen LogP contribution in [0.1, 0.15) is 17.5 Å². The average Bonchev–Trinajstić information content (AvgIpc) is 2.90. The van der Waals surface area contributed by atoms with E-state index in [1.54, 1.807) is 17.0 Å². The highest BCUT2D eigenvalue weighted by Crippen LogP contribution is 2.14. The average molecular weight is 364 g/mol. The molecule has 1 aromatic rings. The normalized spacial score (nSPS) is 16.7. The largest absolute Gasteiger partial charge is 0.336 e. The van der Waals surface area contributed by atoms with Gasteiger partial charge in [0.25, 0.3) is 0 Å². The molecule has 0 radical (unpaired) electrons. The molecular weight excluding hydrogens is 340 g/mol. The molecular formula is C17H24N4O3S. The van der Waals surface area contributed by atoms with Gasteiger partial charge in [0, 0.05) is 26.2 Å². The Hall–Kier alpha value is -1.95. The van der Waals surface area contributed by atoms with E-state index in [0.29, 0.717) is 38.2 Å². The molecule has 0 aliphatic carbocycles.